The maximum Gasteiger partial charge on any atom is 0.150 e. The predicted molar refractivity (Wildman–Crippen MR) is 65.4 cm³/mol. The SMILES string of the molecule is O=Cc1cccc(OC2CN3CCC2CC3)c1. The molecule has 3 aliphatic heterocycles. The largest absolute Gasteiger partial charge is 0.489 e. The first-order valence-electron chi connectivity index (χ1n) is 6.29. The van der Waals surface area contributed by atoms with Crippen LogP contribution in [0.25, 0.3) is 0 Å². The lowest BCUT2D eigenvalue weighted by Gasteiger charge is -2.44. The van der Waals surface area contributed by atoms with E-state index in [2.05, 4.69) is 4.90 Å². The van der Waals surface area contributed by atoms with Crippen molar-refractivity contribution in [1.29, 1.82) is 0 Å². The molecule has 90 valence electrons. The minimum Gasteiger partial charge on any atom is -0.489 e. The van der Waals surface area contributed by atoms with Crippen LogP contribution in [0.4, 0.5) is 0 Å². The fraction of sp³-hybridized carbons (Fsp3) is 0.500. The normalized spacial score (nSPS) is 31.2. The van der Waals surface area contributed by atoms with Gasteiger partial charge in [-0.2, -0.15) is 0 Å². The second kappa shape index (κ2) is 4.49. The van der Waals surface area contributed by atoms with Crippen molar-refractivity contribution < 1.29 is 9.53 Å². The van der Waals surface area contributed by atoms with Crippen molar-refractivity contribution in [1.82, 2.24) is 4.90 Å². The van der Waals surface area contributed by atoms with E-state index in [1.54, 1.807) is 6.07 Å². The van der Waals surface area contributed by atoms with E-state index in [1.807, 2.05) is 18.2 Å². The summed E-state index contributed by atoms with van der Waals surface area (Å²) < 4.78 is 6.03. The molecule has 3 aliphatic rings. The third-order valence-corrected chi connectivity index (χ3v) is 3.88. The van der Waals surface area contributed by atoms with Crippen LogP contribution in [0.15, 0.2) is 24.3 Å². The monoisotopic (exact) mass is 231 g/mol. The van der Waals surface area contributed by atoms with Crippen LogP contribution in [-0.4, -0.2) is 36.9 Å². The molecule has 1 unspecified atom stereocenters. The van der Waals surface area contributed by atoms with Crippen molar-refractivity contribution in [3.8, 4) is 5.75 Å². The predicted octanol–water partition coefficient (Wildman–Crippen LogP) is 1.97. The van der Waals surface area contributed by atoms with Gasteiger partial charge in [0.2, 0.25) is 0 Å². The van der Waals surface area contributed by atoms with Crippen molar-refractivity contribution in [2.24, 2.45) is 5.92 Å². The highest BCUT2D eigenvalue weighted by Crippen LogP contribution is 2.30. The molecule has 0 N–H and O–H groups in total. The third kappa shape index (κ3) is 2.20. The van der Waals surface area contributed by atoms with Crippen molar-refractivity contribution >= 4 is 6.29 Å². The van der Waals surface area contributed by atoms with E-state index in [9.17, 15) is 4.79 Å². The molecule has 4 rings (SSSR count). The molecule has 3 nitrogen and oxygen atoms in total. The number of aldehydes is 1. The maximum atomic E-state index is 10.7. The standard InChI is InChI=1S/C14H17NO2/c16-10-11-2-1-3-13(8-11)17-14-9-15-6-4-12(14)5-7-15/h1-3,8,10,12,14H,4-7,9H2. The van der Waals surface area contributed by atoms with Crippen LogP contribution in [0.5, 0.6) is 5.75 Å². The Morgan fingerprint density at radius 2 is 2.12 bits per heavy atom. The zero-order chi connectivity index (χ0) is 11.7. The minimum absolute atomic E-state index is 0.305. The topological polar surface area (TPSA) is 29.5 Å². The van der Waals surface area contributed by atoms with Gasteiger partial charge in [-0.05, 0) is 44.0 Å². The van der Waals surface area contributed by atoms with Gasteiger partial charge in [0, 0.05) is 12.1 Å². The molecule has 17 heavy (non-hydrogen) atoms. The van der Waals surface area contributed by atoms with E-state index in [0.29, 0.717) is 17.6 Å². The van der Waals surface area contributed by atoms with Crippen LogP contribution in [0, 0.1) is 5.92 Å². The summed E-state index contributed by atoms with van der Waals surface area (Å²) in [5.74, 6) is 1.52. The molecule has 1 aromatic carbocycles. The molecule has 3 saturated heterocycles. The molecule has 2 bridgehead atoms. The summed E-state index contributed by atoms with van der Waals surface area (Å²) in [5, 5.41) is 0. The number of hydrogen-bond acceptors (Lipinski definition) is 3. The number of benzene rings is 1. The van der Waals surface area contributed by atoms with Gasteiger partial charge in [0.25, 0.3) is 0 Å². The second-order valence-electron chi connectivity index (χ2n) is 4.98. The zero-order valence-corrected chi connectivity index (χ0v) is 9.84. The van der Waals surface area contributed by atoms with Gasteiger partial charge in [-0.3, -0.25) is 9.69 Å². The number of carbonyl (C=O) groups is 1. The number of nitrogens with zero attached hydrogens (tertiary/aromatic N) is 1. The average molecular weight is 231 g/mol. The van der Waals surface area contributed by atoms with Crippen LogP contribution in [-0.2, 0) is 0 Å². The van der Waals surface area contributed by atoms with Gasteiger partial charge in [-0.15, -0.1) is 0 Å². The number of carbonyl (C=O) groups excluding carboxylic acids is 1. The Morgan fingerprint density at radius 1 is 1.29 bits per heavy atom. The molecular weight excluding hydrogens is 214 g/mol. The van der Waals surface area contributed by atoms with Gasteiger partial charge in [0.1, 0.15) is 18.1 Å². The molecule has 1 aromatic rings. The molecule has 0 amide bonds. The molecule has 0 aliphatic carbocycles. The summed E-state index contributed by atoms with van der Waals surface area (Å²) in [6, 6.07) is 7.44. The molecule has 0 radical (unpaired) electrons. The number of rotatable bonds is 3. The molecule has 0 saturated carbocycles. The first-order valence-corrected chi connectivity index (χ1v) is 6.29. The molecule has 3 heterocycles. The summed E-state index contributed by atoms with van der Waals surface area (Å²) >= 11 is 0. The van der Waals surface area contributed by atoms with E-state index in [0.717, 1.165) is 18.6 Å². The lowest BCUT2D eigenvalue weighted by atomic mass is 9.86. The molecule has 1 atom stereocenters. The van der Waals surface area contributed by atoms with E-state index >= 15 is 0 Å². The van der Waals surface area contributed by atoms with Gasteiger partial charge in [0.15, 0.2) is 0 Å². The Hall–Kier alpha value is -1.35. The fourth-order valence-corrected chi connectivity index (χ4v) is 2.88. The smallest absolute Gasteiger partial charge is 0.150 e. The Morgan fingerprint density at radius 3 is 2.76 bits per heavy atom. The third-order valence-electron chi connectivity index (χ3n) is 3.88. The van der Waals surface area contributed by atoms with Crippen LogP contribution < -0.4 is 4.74 Å². The molecule has 3 heteroatoms. The summed E-state index contributed by atoms with van der Waals surface area (Å²) in [5.41, 5.74) is 0.684. The lowest BCUT2D eigenvalue weighted by Crippen LogP contribution is -2.52. The van der Waals surface area contributed by atoms with Crippen LogP contribution in [0.3, 0.4) is 0 Å². The molecule has 3 fully saturated rings. The Kier molecular flexibility index (Phi) is 2.85. The lowest BCUT2D eigenvalue weighted by molar-refractivity contribution is -0.00777. The van der Waals surface area contributed by atoms with E-state index in [1.165, 1.54) is 25.9 Å². The number of ether oxygens (including phenoxy) is 1. The van der Waals surface area contributed by atoms with Gasteiger partial charge in [-0.25, -0.2) is 0 Å². The number of hydrogen-bond donors (Lipinski definition) is 0. The first-order chi connectivity index (χ1) is 8.35. The second-order valence-corrected chi connectivity index (χ2v) is 4.98. The van der Waals surface area contributed by atoms with E-state index < -0.39 is 0 Å². The zero-order valence-electron chi connectivity index (χ0n) is 9.84. The van der Waals surface area contributed by atoms with Gasteiger partial charge < -0.3 is 4.74 Å². The number of piperidine rings is 3. The summed E-state index contributed by atoms with van der Waals surface area (Å²) in [7, 11) is 0. The first kappa shape index (κ1) is 10.8. The summed E-state index contributed by atoms with van der Waals surface area (Å²) in [6.07, 6.45) is 3.67. The highest BCUT2D eigenvalue weighted by atomic mass is 16.5. The van der Waals surface area contributed by atoms with Gasteiger partial charge in [-0.1, -0.05) is 12.1 Å². The van der Waals surface area contributed by atoms with Crippen LogP contribution in [0.1, 0.15) is 23.2 Å². The average Bonchev–Trinajstić information content (AvgIpc) is 2.40. The van der Waals surface area contributed by atoms with E-state index in [-0.39, 0.29) is 0 Å². The molecular formula is C14H17NO2. The summed E-state index contributed by atoms with van der Waals surface area (Å²) in [6.45, 7) is 3.48. The Labute approximate surface area is 101 Å². The van der Waals surface area contributed by atoms with Crippen LogP contribution in [0.2, 0.25) is 0 Å². The molecule has 0 aromatic heterocycles. The van der Waals surface area contributed by atoms with Gasteiger partial charge in [0.05, 0.1) is 0 Å². The summed E-state index contributed by atoms with van der Waals surface area (Å²) in [4.78, 5) is 13.2. The van der Waals surface area contributed by atoms with Crippen molar-refractivity contribution in [3.63, 3.8) is 0 Å². The van der Waals surface area contributed by atoms with Crippen molar-refractivity contribution in [3.05, 3.63) is 29.8 Å². The fourth-order valence-electron chi connectivity index (χ4n) is 2.88. The van der Waals surface area contributed by atoms with E-state index in [4.69, 9.17) is 4.74 Å². The van der Waals surface area contributed by atoms with Gasteiger partial charge >= 0.3 is 0 Å². The highest BCUT2D eigenvalue weighted by molar-refractivity contribution is 5.75. The quantitative estimate of drug-likeness (QED) is 0.745. The van der Waals surface area contributed by atoms with Crippen molar-refractivity contribution in [2.75, 3.05) is 19.6 Å². The van der Waals surface area contributed by atoms with Crippen LogP contribution >= 0.6 is 0 Å². The maximum absolute atomic E-state index is 10.7. The molecule has 0 spiro atoms. The highest BCUT2D eigenvalue weighted by Gasteiger charge is 2.35. The van der Waals surface area contributed by atoms with Crippen molar-refractivity contribution in [2.45, 2.75) is 18.9 Å². The minimum atomic E-state index is 0.305. The number of fused-ring (bicyclic) bond motifs is 3. The Balaban J connectivity index is 1.72. The Bertz CT molecular complexity index is 410.